The quantitative estimate of drug-likeness (QED) is 0.353. The molecule has 33 heavy (non-hydrogen) atoms. The van der Waals surface area contributed by atoms with Gasteiger partial charge in [-0.1, -0.05) is 23.7 Å². The van der Waals surface area contributed by atoms with Gasteiger partial charge in [-0.3, -0.25) is 14.4 Å². The van der Waals surface area contributed by atoms with Gasteiger partial charge in [0, 0.05) is 37.8 Å². The first-order chi connectivity index (χ1) is 15.6. The molecule has 0 spiro atoms. The molecule has 0 atom stereocenters. The van der Waals surface area contributed by atoms with Gasteiger partial charge in [0.05, 0.1) is 15.8 Å². The van der Waals surface area contributed by atoms with E-state index in [1.54, 1.807) is 24.3 Å². The Labute approximate surface area is 193 Å². The number of rotatable bonds is 8. The molecule has 0 aliphatic rings. The van der Waals surface area contributed by atoms with E-state index in [9.17, 15) is 27.2 Å². The lowest BCUT2D eigenvalue weighted by molar-refractivity contribution is -0.118. The molecule has 4 N–H and O–H groups in total. The highest BCUT2D eigenvalue weighted by Gasteiger charge is 2.20. The fraction of sp³-hybridized carbons (Fsp3) is 0.190. The molecule has 2 aromatic carbocycles. The average molecular weight is 495 g/mol. The number of amides is 2. The van der Waals surface area contributed by atoms with Crippen molar-refractivity contribution in [3.63, 3.8) is 0 Å². The van der Waals surface area contributed by atoms with Gasteiger partial charge in [-0.2, -0.15) is 0 Å². The monoisotopic (exact) mass is 494 g/mol. The van der Waals surface area contributed by atoms with Crippen molar-refractivity contribution in [3.8, 4) is 0 Å². The van der Waals surface area contributed by atoms with Gasteiger partial charge >= 0.3 is 0 Å². The number of hydrogen-bond acceptors (Lipinski definition) is 5. The van der Waals surface area contributed by atoms with Crippen molar-refractivity contribution >= 4 is 44.3 Å². The lowest BCUT2D eigenvalue weighted by Crippen LogP contribution is -2.33. The maximum absolute atomic E-state index is 14.6. The minimum Gasteiger partial charge on any atom is -0.358 e. The van der Waals surface area contributed by atoms with Gasteiger partial charge in [-0.15, -0.1) is 0 Å². The number of nitrogens with one attached hydrogen (secondary N) is 4. The molecule has 2 amide bonds. The molecule has 3 aromatic rings. The molecule has 0 fully saturated rings. The molecule has 12 heteroatoms. The Kier molecular flexibility index (Phi) is 7.46. The Morgan fingerprint density at radius 2 is 1.79 bits per heavy atom. The second-order valence-corrected chi connectivity index (χ2v) is 9.25. The molecule has 1 aromatic heterocycles. The zero-order valence-corrected chi connectivity index (χ0v) is 18.9. The van der Waals surface area contributed by atoms with Gasteiger partial charge in [0.1, 0.15) is 11.4 Å². The van der Waals surface area contributed by atoms with E-state index in [1.165, 1.54) is 6.92 Å². The Morgan fingerprint density at radius 1 is 1.09 bits per heavy atom. The normalized spacial score (nSPS) is 11.4. The smallest absolute Gasteiger partial charge is 0.257 e. The Balaban J connectivity index is 1.86. The van der Waals surface area contributed by atoms with Crippen LogP contribution in [-0.4, -0.2) is 38.3 Å². The van der Waals surface area contributed by atoms with Crippen LogP contribution in [0.15, 0.2) is 52.3 Å². The van der Waals surface area contributed by atoms with Crippen LogP contribution >= 0.6 is 11.6 Å². The van der Waals surface area contributed by atoms with Crippen LogP contribution in [0.1, 0.15) is 22.8 Å². The van der Waals surface area contributed by atoms with Crippen molar-refractivity contribution in [2.24, 2.45) is 0 Å². The predicted octanol–water partition coefficient (Wildman–Crippen LogP) is 1.67. The zero-order valence-electron chi connectivity index (χ0n) is 17.4. The summed E-state index contributed by atoms with van der Waals surface area (Å²) in [6.45, 7) is 1.30. The molecule has 0 saturated heterocycles. The van der Waals surface area contributed by atoms with Crippen molar-refractivity contribution in [2.45, 2.75) is 18.4 Å². The van der Waals surface area contributed by atoms with Crippen LogP contribution in [0.2, 0.25) is 5.02 Å². The number of halogens is 2. The van der Waals surface area contributed by atoms with Gasteiger partial charge in [0.2, 0.25) is 21.4 Å². The van der Waals surface area contributed by atoms with Crippen molar-refractivity contribution < 1.29 is 22.4 Å². The van der Waals surface area contributed by atoms with Crippen LogP contribution < -0.4 is 20.8 Å². The van der Waals surface area contributed by atoms with E-state index in [1.807, 2.05) is 0 Å². The van der Waals surface area contributed by atoms with Gasteiger partial charge in [0.15, 0.2) is 0 Å². The van der Waals surface area contributed by atoms with E-state index >= 15 is 0 Å². The van der Waals surface area contributed by atoms with E-state index < -0.39 is 32.1 Å². The molecule has 0 aliphatic carbocycles. The van der Waals surface area contributed by atoms with Crippen LogP contribution in [0.5, 0.6) is 0 Å². The average Bonchev–Trinajstić information content (AvgIpc) is 2.76. The minimum absolute atomic E-state index is 0.0309. The summed E-state index contributed by atoms with van der Waals surface area (Å²) >= 11 is 5.82. The standard InChI is InChI=1S/C21H20ClFN4O5S/c1-12(28)24-6-7-27-33(31,32)15-8-16-19(18(23)9-15)25-11-17(20(16)29)21(30)26-10-13-2-4-14(22)5-3-13/h2-5,8-9,11,27H,6-7,10H2,1H3,(H,24,28)(H,25,29)(H,26,30). The van der Waals surface area contributed by atoms with E-state index in [0.29, 0.717) is 5.02 Å². The van der Waals surface area contributed by atoms with E-state index in [2.05, 4.69) is 20.3 Å². The number of sulfonamides is 1. The summed E-state index contributed by atoms with van der Waals surface area (Å²) in [5.74, 6) is -2.02. The maximum atomic E-state index is 14.6. The number of aromatic amines is 1. The molecule has 0 aliphatic heterocycles. The molecule has 3 rings (SSSR count). The molecule has 0 radical (unpaired) electrons. The maximum Gasteiger partial charge on any atom is 0.257 e. The Hall–Kier alpha value is -3.28. The molecule has 9 nitrogen and oxygen atoms in total. The number of aromatic nitrogens is 1. The van der Waals surface area contributed by atoms with Crippen LogP contribution in [0.25, 0.3) is 10.9 Å². The van der Waals surface area contributed by atoms with Crippen molar-refractivity contribution in [3.05, 3.63) is 74.8 Å². The van der Waals surface area contributed by atoms with Gasteiger partial charge in [-0.25, -0.2) is 17.5 Å². The van der Waals surface area contributed by atoms with Crippen LogP contribution in [0.3, 0.4) is 0 Å². The Bertz CT molecular complexity index is 1370. The third-order valence-electron chi connectivity index (χ3n) is 4.63. The topological polar surface area (TPSA) is 137 Å². The largest absolute Gasteiger partial charge is 0.358 e. The summed E-state index contributed by atoms with van der Waals surface area (Å²) in [5.41, 5.74) is -0.614. The van der Waals surface area contributed by atoms with Crippen LogP contribution in [0.4, 0.5) is 4.39 Å². The number of fused-ring (bicyclic) bond motifs is 1. The highest BCUT2D eigenvalue weighted by atomic mass is 35.5. The van der Waals surface area contributed by atoms with Crippen molar-refractivity contribution in [1.29, 1.82) is 0 Å². The SMILES string of the molecule is CC(=O)NCCNS(=O)(=O)c1cc(F)c2[nH]cc(C(=O)NCc3ccc(Cl)cc3)c(=O)c2c1. The first-order valence-electron chi connectivity index (χ1n) is 9.70. The van der Waals surface area contributed by atoms with E-state index in [4.69, 9.17) is 11.6 Å². The second-order valence-electron chi connectivity index (χ2n) is 7.05. The summed E-state index contributed by atoms with van der Waals surface area (Å²) in [7, 11) is -4.18. The van der Waals surface area contributed by atoms with Crippen molar-refractivity contribution in [1.82, 2.24) is 20.3 Å². The lowest BCUT2D eigenvalue weighted by Gasteiger charge is -2.10. The predicted molar refractivity (Wildman–Crippen MR) is 121 cm³/mol. The second kappa shape index (κ2) is 10.1. The van der Waals surface area contributed by atoms with Gasteiger partial charge in [0.25, 0.3) is 5.91 Å². The molecule has 0 unspecified atom stereocenters. The zero-order chi connectivity index (χ0) is 24.2. The highest BCUT2D eigenvalue weighted by molar-refractivity contribution is 7.89. The minimum atomic E-state index is -4.18. The molecule has 174 valence electrons. The number of carbonyl (C=O) groups excluding carboxylic acids is 2. The summed E-state index contributed by atoms with van der Waals surface area (Å²) < 4.78 is 41.8. The van der Waals surface area contributed by atoms with Crippen LogP contribution in [-0.2, 0) is 21.4 Å². The molecular formula is C21H20ClFN4O5S. The number of hydrogen-bond donors (Lipinski definition) is 4. The third kappa shape index (κ3) is 5.95. The molecule has 1 heterocycles. The number of benzene rings is 2. The highest BCUT2D eigenvalue weighted by Crippen LogP contribution is 2.19. The van der Waals surface area contributed by atoms with Gasteiger partial charge in [-0.05, 0) is 29.8 Å². The van der Waals surface area contributed by atoms with E-state index in [-0.39, 0.29) is 42.0 Å². The first kappa shape index (κ1) is 24.4. The van der Waals surface area contributed by atoms with Gasteiger partial charge < -0.3 is 15.6 Å². The molecule has 0 bridgehead atoms. The summed E-state index contributed by atoms with van der Waals surface area (Å²) in [6, 6.07) is 8.48. The molecular weight excluding hydrogens is 475 g/mol. The first-order valence-corrected chi connectivity index (χ1v) is 11.6. The summed E-state index contributed by atoms with van der Waals surface area (Å²) in [5, 5.41) is 5.24. The van der Waals surface area contributed by atoms with E-state index in [0.717, 1.165) is 23.9 Å². The summed E-state index contributed by atoms with van der Waals surface area (Å²) in [6.07, 6.45) is 1.07. The fourth-order valence-electron chi connectivity index (χ4n) is 2.97. The lowest BCUT2D eigenvalue weighted by atomic mass is 10.1. The number of pyridine rings is 1. The Morgan fingerprint density at radius 3 is 2.45 bits per heavy atom. The number of H-pyrrole nitrogens is 1. The fourth-order valence-corrected chi connectivity index (χ4v) is 4.17. The summed E-state index contributed by atoms with van der Waals surface area (Å²) in [4.78, 5) is 38.3. The molecule has 0 saturated carbocycles. The number of carbonyl (C=O) groups is 2. The third-order valence-corrected chi connectivity index (χ3v) is 6.32. The van der Waals surface area contributed by atoms with Crippen molar-refractivity contribution in [2.75, 3.05) is 13.1 Å². The van der Waals surface area contributed by atoms with Crippen LogP contribution in [0, 0.1) is 5.82 Å².